The van der Waals surface area contributed by atoms with Gasteiger partial charge < -0.3 is 20.3 Å². The van der Waals surface area contributed by atoms with E-state index in [0.717, 1.165) is 12.0 Å². The van der Waals surface area contributed by atoms with Crippen LogP contribution in [0, 0.1) is 12.8 Å². The first-order chi connectivity index (χ1) is 16.0. The van der Waals surface area contributed by atoms with Crippen molar-refractivity contribution in [2.75, 3.05) is 5.32 Å². The van der Waals surface area contributed by atoms with Crippen LogP contribution in [-0.2, 0) is 14.3 Å². The third-order valence-corrected chi connectivity index (χ3v) is 5.83. The molecule has 3 rings (SSSR count). The molecule has 2 aromatic rings. The summed E-state index contributed by atoms with van der Waals surface area (Å²) in [5, 5.41) is 5.64. The Morgan fingerprint density at radius 3 is 2.18 bits per heavy atom. The van der Waals surface area contributed by atoms with Gasteiger partial charge in [-0.3, -0.25) is 9.59 Å². The van der Waals surface area contributed by atoms with E-state index >= 15 is 0 Å². The second-order valence-corrected chi connectivity index (χ2v) is 10.0. The quantitative estimate of drug-likeness (QED) is 0.613. The van der Waals surface area contributed by atoms with Crippen LogP contribution in [-0.4, -0.2) is 40.5 Å². The Labute approximate surface area is 201 Å². The van der Waals surface area contributed by atoms with Gasteiger partial charge in [0.2, 0.25) is 5.91 Å². The molecule has 0 saturated heterocycles. The topological polar surface area (TPSA) is 87.7 Å². The summed E-state index contributed by atoms with van der Waals surface area (Å²) in [4.78, 5) is 41.3. The van der Waals surface area contributed by atoms with Gasteiger partial charge in [0.15, 0.2) is 0 Å². The molecule has 34 heavy (non-hydrogen) atoms. The van der Waals surface area contributed by atoms with E-state index in [4.69, 9.17) is 4.74 Å². The normalized spacial score (nSPS) is 18.9. The maximum Gasteiger partial charge on any atom is 0.408 e. The lowest BCUT2D eigenvalue weighted by molar-refractivity contribution is -0.141. The molecule has 4 unspecified atom stereocenters. The van der Waals surface area contributed by atoms with Gasteiger partial charge in [0, 0.05) is 11.7 Å². The van der Waals surface area contributed by atoms with Gasteiger partial charge in [-0.1, -0.05) is 55.5 Å². The Morgan fingerprint density at radius 2 is 1.62 bits per heavy atom. The third kappa shape index (κ3) is 6.37. The zero-order valence-electron chi connectivity index (χ0n) is 20.8. The number of carbonyl (C=O) groups excluding carboxylic acids is 3. The average molecular weight is 466 g/mol. The molecule has 0 bridgehead atoms. The monoisotopic (exact) mass is 465 g/mol. The number of hydrogen-bond acceptors (Lipinski definition) is 4. The third-order valence-electron chi connectivity index (χ3n) is 5.83. The molecule has 4 atom stereocenters. The van der Waals surface area contributed by atoms with Gasteiger partial charge in [-0.15, -0.1) is 0 Å². The van der Waals surface area contributed by atoms with Gasteiger partial charge in [0.1, 0.15) is 17.7 Å². The molecule has 0 aliphatic heterocycles. The Bertz CT molecular complexity index is 1030. The molecule has 0 radical (unpaired) electrons. The molecular weight excluding hydrogens is 430 g/mol. The SMILES string of the molecule is Cc1ccccc1NC(=O)C(c1ccccc1)N(C(=O)C(C)NC(=O)OC(C)(C)C)C1CC1C. The highest BCUT2D eigenvalue weighted by atomic mass is 16.6. The smallest absolute Gasteiger partial charge is 0.408 e. The molecule has 3 amide bonds. The molecule has 182 valence electrons. The van der Waals surface area contributed by atoms with Crippen molar-refractivity contribution >= 4 is 23.6 Å². The van der Waals surface area contributed by atoms with E-state index in [-0.39, 0.29) is 23.8 Å². The number of anilines is 1. The van der Waals surface area contributed by atoms with Crippen LogP contribution in [0.3, 0.4) is 0 Å². The van der Waals surface area contributed by atoms with Gasteiger partial charge in [-0.25, -0.2) is 4.79 Å². The van der Waals surface area contributed by atoms with Gasteiger partial charge in [0.05, 0.1) is 0 Å². The summed E-state index contributed by atoms with van der Waals surface area (Å²) in [7, 11) is 0. The minimum absolute atomic E-state index is 0.0942. The fourth-order valence-electron chi connectivity index (χ4n) is 3.93. The number of nitrogens with zero attached hydrogens (tertiary/aromatic N) is 1. The van der Waals surface area contributed by atoms with Crippen LogP contribution >= 0.6 is 0 Å². The standard InChI is InChI=1S/C27H35N3O4/c1-17-12-10-11-15-21(17)29-24(31)23(20-13-8-7-9-14-20)30(22-16-18(22)2)25(32)19(3)28-26(33)34-27(4,5)6/h7-15,18-19,22-23H,16H2,1-6H3,(H,28,33)(H,29,31). The number of aryl methyl sites for hydroxylation is 1. The van der Waals surface area contributed by atoms with E-state index in [1.54, 1.807) is 32.6 Å². The summed E-state index contributed by atoms with van der Waals surface area (Å²) in [6, 6.07) is 15.0. The summed E-state index contributed by atoms with van der Waals surface area (Å²) >= 11 is 0. The first-order valence-corrected chi connectivity index (χ1v) is 11.7. The van der Waals surface area contributed by atoms with Crippen molar-refractivity contribution in [3.8, 4) is 0 Å². The highest BCUT2D eigenvalue weighted by Crippen LogP contribution is 2.41. The minimum Gasteiger partial charge on any atom is -0.444 e. The highest BCUT2D eigenvalue weighted by molar-refractivity contribution is 5.99. The second kappa shape index (κ2) is 10.3. The molecule has 0 heterocycles. The van der Waals surface area contributed by atoms with E-state index in [2.05, 4.69) is 17.6 Å². The van der Waals surface area contributed by atoms with E-state index < -0.39 is 23.8 Å². The zero-order valence-corrected chi connectivity index (χ0v) is 20.8. The molecule has 2 aromatic carbocycles. The molecular formula is C27H35N3O4. The number of para-hydroxylation sites is 1. The van der Waals surface area contributed by atoms with E-state index in [1.165, 1.54) is 0 Å². The van der Waals surface area contributed by atoms with Gasteiger partial charge in [-0.05, 0) is 64.2 Å². The summed E-state index contributed by atoms with van der Waals surface area (Å²) in [6.45, 7) is 10.9. The summed E-state index contributed by atoms with van der Waals surface area (Å²) in [5.41, 5.74) is 1.66. The Kier molecular flexibility index (Phi) is 7.64. The molecule has 1 fully saturated rings. The molecule has 1 aliphatic rings. The van der Waals surface area contributed by atoms with Gasteiger partial charge in [0.25, 0.3) is 5.91 Å². The lowest BCUT2D eigenvalue weighted by Gasteiger charge is -2.34. The zero-order chi connectivity index (χ0) is 25.0. The lowest BCUT2D eigenvalue weighted by atomic mass is 10.0. The number of carbonyl (C=O) groups is 3. The van der Waals surface area contributed by atoms with Crippen LogP contribution < -0.4 is 10.6 Å². The van der Waals surface area contributed by atoms with Gasteiger partial charge >= 0.3 is 6.09 Å². The van der Waals surface area contributed by atoms with Crippen LogP contribution in [0.1, 0.15) is 58.2 Å². The lowest BCUT2D eigenvalue weighted by Crippen LogP contribution is -2.52. The van der Waals surface area contributed by atoms with Crippen LogP contribution in [0.5, 0.6) is 0 Å². The predicted octanol–water partition coefficient (Wildman–Crippen LogP) is 4.83. The summed E-state index contributed by atoms with van der Waals surface area (Å²) in [6.07, 6.45) is 0.129. The van der Waals surface area contributed by atoms with Gasteiger partial charge in [-0.2, -0.15) is 0 Å². The average Bonchev–Trinajstić information content (AvgIpc) is 3.48. The fourth-order valence-corrected chi connectivity index (χ4v) is 3.93. The Balaban J connectivity index is 1.91. The maximum atomic E-state index is 13.7. The van der Waals surface area contributed by atoms with Crippen molar-refractivity contribution in [3.63, 3.8) is 0 Å². The van der Waals surface area contributed by atoms with Crippen molar-refractivity contribution < 1.29 is 19.1 Å². The molecule has 7 nitrogen and oxygen atoms in total. The fraction of sp³-hybridized carbons (Fsp3) is 0.444. The van der Waals surface area contributed by atoms with Crippen LogP contribution in [0.15, 0.2) is 54.6 Å². The Morgan fingerprint density at radius 1 is 1.03 bits per heavy atom. The van der Waals surface area contributed by atoms with E-state index in [0.29, 0.717) is 11.3 Å². The molecule has 0 aromatic heterocycles. The van der Waals surface area contributed by atoms with Crippen molar-refractivity contribution in [1.82, 2.24) is 10.2 Å². The van der Waals surface area contributed by atoms with Crippen molar-refractivity contribution in [2.24, 2.45) is 5.92 Å². The number of amides is 3. The van der Waals surface area contributed by atoms with Crippen LogP contribution in [0.4, 0.5) is 10.5 Å². The van der Waals surface area contributed by atoms with Crippen LogP contribution in [0.2, 0.25) is 0 Å². The molecule has 1 aliphatic carbocycles. The number of hydrogen-bond donors (Lipinski definition) is 2. The van der Waals surface area contributed by atoms with Crippen molar-refractivity contribution in [1.29, 1.82) is 0 Å². The van der Waals surface area contributed by atoms with E-state index in [9.17, 15) is 14.4 Å². The Hall–Kier alpha value is -3.35. The minimum atomic E-state index is -0.861. The number of ether oxygens (including phenoxy) is 1. The van der Waals surface area contributed by atoms with Crippen molar-refractivity contribution in [2.45, 2.75) is 71.7 Å². The second-order valence-electron chi connectivity index (χ2n) is 10.0. The number of alkyl carbamates (subject to hydrolysis) is 1. The maximum absolute atomic E-state index is 13.7. The first kappa shape index (κ1) is 25.3. The predicted molar refractivity (Wildman–Crippen MR) is 132 cm³/mol. The summed E-state index contributed by atoms with van der Waals surface area (Å²) < 4.78 is 5.32. The van der Waals surface area contributed by atoms with Crippen LogP contribution in [0.25, 0.3) is 0 Å². The first-order valence-electron chi connectivity index (χ1n) is 11.7. The number of nitrogens with one attached hydrogen (secondary N) is 2. The van der Waals surface area contributed by atoms with E-state index in [1.807, 2.05) is 61.5 Å². The largest absolute Gasteiger partial charge is 0.444 e. The highest BCUT2D eigenvalue weighted by Gasteiger charge is 2.47. The molecule has 0 spiro atoms. The number of rotatable bonds is 7. The van der Waals surface area contributed by atoms with Crippen molar-refractivity contribution in [3.05, 3.63) is 65.7 Å². The molecule has 2 N–H and O–H groups in total. The molecule has 7 heteroatoms. The summed E-state index contributed by atoms with van der Waals surface area (Å²) in [5.74, 6) is -0.360. The number of benzene rings is 2. The molecule has 1 saturated carbocycles.